The summed E-state index contributed by atoms with van der Waals surface area (Å²) in [7, 11) is 0. The van der Waals surface area contributed by atoms with Crippen molar-refractivity contribution in [3.05, 3.63) is 65.5 Å². The van der Waals surface area contributed by atoms with E-state index >= 15 is 0 Å². The first-order chi connectivity index (χ1) is 14.6. The molecular weight excluding hydrogens is 376 g/mol. The third kappa shape index (κ3) is 5.53. The van der Waals surface area contributed by atoms with Crippen molar-refractivity contribution in [2.24, 2.45) is 0 Å². The molecule has 0 atom stereocenters. The minimum Gasteiger partial charge on any atom is -0.478 e. The monoisotopic (exact) mass is 406 g/mol. The van der Waals surface area contributed by atoms with Gasteiger partial charge < -0.3 is 5.11 Å². The van der Waals surface area contributed by atoms with E-state index < -0.39 is 5.97 Å². The van der Waals surface area contributed by atoms with E-state index in [1.165, 1.54) is 25.1 Å². The Morgan fingerprint density at radius 3 is 2.47 bits per heavy atom. The quantitative estimate of drug-likeness (QED) is 0.445. The van der Waals surface area contributed by atoms with Gasteiger partial charge in [-0.15, -0.1) is 0 Å². The number of pyridine rings is 1. The molecule has 158 valence electrons. The van der Waals surface area contributed by atoms with Crippen molar-refractivity contribution in [2.45, 2.75) is 65.3 Å². The van der Waals surface area contributed by atoms with E-state index in [0.29, 0.717) is 12.1 Å². The average Bonchev–Trinajstić information content (AvgIpc) is 3.14. The Balaban J connectivity index is 1.79. The van der Waals surface area contributed by atoms with E-state index in [1.807, 2.05) is 28.9 Å². The summed E-state index contributed by atoms with van der Waals surface area (Å²) in [4.78, 5) is 20.4. The number of carboxylic acids is 1. The highest BCUT2D eigenvalue weighted by Gasteiger charge is 2.13. The van der Waals surface area contributed by atoms with Crippen LogP contribution in [0.15, 0.2) is 42.7 Å². The minimum atomic E-state index is -0.949. The zero-order valence-electron chi connectivity index (χ0n) is 17.8. The number of benzene rings is 1. The van der Waals surface area contributed by atoms with E-state index in [0.717, 1.165) is 54.9 Å². The lowest BCUT2D eigenvalue weighted by Crippen LogP contribution is -2.07. The number of nitrogens with zero attached hydrogens (tertiary/aromatic N) is 4. The molecule has 3 rings (SSSR count). The average molecular weight is 407 g/mol. The van der Waals surface area contributed by atoms with Gasteiger partial charge in [0.15, 0.2) is 5.82 Å². The largest absolute Gasteiger partial charge is 0.478 e. The topological polar surface area (TPSA) is 80.9 Å². The highest BCUT2D eigenvalue weighted by Crippen LogP contribution is 2.23. The molecule has 0 aliphatic carbocycles. The van der Waals surface area contributed by atoms with Gasteiger partial charge in [0, 0.05) is 30.8 Å². The molecule has 2 heterocycles. The molecule has 0 saturated heterocycles. The summed E-state index contributed by atoms with van der Waals surface area (Å²) in [5.41, 5.74) is 2.84. The van der Waals surface area contributed by atoms with Crippen LogP contribution in [0, 0.1) is 0 Å². The first-order valence-electron chi connectivity index (χ1n) is 10.8. The SMILES string of the molecule is CCCCCc1nc(CCCC)nn1Cc1ccc(-c2cnccc2C(=O)O)cc1. The second kappa shape index (κ2) is 10.7. The Hall–Kier alpha value is -3.02. The van der Waals surface area contributed by atoms with Crippen LogP contribution in [0.25, 0.3) is 11.1 Å². The molecule has 1 N–H and O–H groups in total. The van der Waals surface area contributed by atoms with Crippen molar-refractivity contribution in [3.63, 3.8) is 0 Å². The number of aryl methyl sites for hydroxylation is 2. The number of aromatic nitrogens is 4. The predicted molar refractivity (Wildman–Crippen MR) is 118 cm³/mol. The second-order valence-corrected chi connectivity index (χ2v) is 7.59. The Bertz CT molecular complexity index is 964. The molecule has 2 aromatic heterocycles. The van der Waals surface area contributed by atoms with Crippen LogP contribution in [-0.4, -0.2) is 30.8 Å². The Kier molecular flexibility index (Phi) is 7.71. The maximum absolute atomic E-state index is 11.5. The highest BCUT2D eigenvalue weighted by atomic mass is 16.4. The van der Waals surface area contributed by atoms with Crippen molar-refractivity contribution in [2.75, 3.05) is 0 Å². The standard InChI is InChI=1S/C24H30N4O2/c1-3-5-7-9-23-26-22(8-6-4-2)27-28(23)17-18-10-12-19(13-11-18)21-16-25-15-14-20(21)24(29)30/h10-16H,3-9,17H2,1-2H3,(H,29,30). The van der Waals surface area contributed by atoms with E-state index in [1.54, 1.807) is 6.20 Å². The van der Waals surface area contributed by atoms with Crippen LogP contribution in [0.3, 0.4) is 0 Å². The molecule has 1 aromatic carbocycles. The Labute approximate surface area is 178 Å². The molecule has 0 amide bonds. The summed E-state index contributed by atoms with van der Waals surface area (Å²) in [6.45, 7) is 5.05. The van der Waals surface area contributed by atoms with Crippen LogP contribution in [0.4, 0.5) is 0 Å². The molecule has 0 aliphatic rings. The van der Waals surface area contributed by atoms with E-state index in [-0.39, 0.29) is 5.56 Å². The van der Waals surface area contributed by atoms with E-state index in [9.17, 15) is 9.90 Å². The summed E-state index contributed by atoms with van der Waals surface area (Å²) < 4.78 is 2.03. The number of aromatic carboxylic acids is 1. The first-order valence-corrected chi connectivity index (χ1v) is 10.8. The molecule has 3 aromatic rings. The van der Waals surface area contributed by atoms with Crippen LogP contribution in [-0.2, 0) is 19.4 Å². The second-order valence-electron chi connectivity index (χ2n) is 7.59. The number of carbonyl (C=O) groups is 1. The molecule has 0 saturated carbocycles. The molecule has 0 spiro atoms. The molecule has 0 fully saturated rings. The fourth-order valence-electron chi connectivity index (χ4n) is 3.49. The highest BCUT2D eigenvalue weighted by molar-refractivity contribution is 5.95. The molecule has 6 nitrogen and oxygen atoms in total. The predicted octanol–water partition coefficient (Wildman–Crippen LogP) is 5.16. The van der Waals surface area contributed by atoms with Gasteiger partial charge in [-0.2, -0.15) is 5.10 Å². The molecule has 30 heavy (non-hydrogen) atoms. The molecule has 0 aliphatic heterocycles. The van der Waals surface area contributed by atoms with Crippen molar-refractivity contribution in [3.8, 4) is 11.1 Å². The maximum Gasteiger partial charge on any atom is 0.336 e. The number of rotatable bonds is 11. The number of hydrogen-bond donors (Lipinski definition) is 1. The van der Waals surface area contributed by atoms with Gasteiger partial charge in [-0.25, -0.2) is 14.5 Å². The van der Waals surface area contributed by atoms with Crippen LogP contribution < -0.4 is 0 Å². The summed E-state index contributed by atoms with van der Waals surface area (Å²) in [6.07, 6.45) is 10.7. The van der Waals surface area contributed by atoms with Crippen LogP contribution in [0.5, 0.6) is 0 Å². The molecule has 0 unspecified atom stereocenters. The van der Waals surface area contributed by atoms with Crippen molar-refractivity contribution in [1.82, 2.24) is 19.7 Å². The molecule has 0 bridgehead atoms. The van der Waals surface area contributed by atoms with Gasteiger partial charge in [-0.1, -0.05) is 57.4 Å². The minimum absolute atomic E-state index is 0.257. The normalized spacial score (nSPS) is 11.0. The van der Waals surface area contributed by atoms with Gasteiger partial charge in [0.05, 0.1) is 12.1 Å². The summed E-state index contributed by atoms with van der Waals surface area (Å²) in [5.74, 6) is 1.04. The van der Waals surface area contributed by atoms with Gasteiger partial charge in [0.1, 0.15) is 5.82 Å². The zero-order valence-corrected chi connectivity index (χ0v) is 17.8. The molecular formula is C24H30N4O2. The zero-order chi connectivity index (χ0) is 21.3. The van der Waals surface area contributed by atoms with Crippen LogP contribution in [0.2, 0.25) is 0 Å². The van der Waals surface area contributed by atoms with E-state index in [4.69, 9.17) is 10.1 Å². The van der Waals surface area contributed by atoms with Gasteiger partial charge in [0.25, 0.3) is 0 Å². The number of carboxylic acid groups (broad SMARTS) is 1. The Morgan fingerprint density at radius 2 is 1.77 bits per heavy atom. The number of hydrogen-bond acceptors (Lipinski definition) is 4. The smallest absolute Gasteiger partial charge is 0.336 e. The van der Waals surface area contributed by atoms with Crippen molar-refractivity contribution < 1.29 is 9.90 Å². The van der Waals surface area contributed by atoms with Gasteiger partial charge in [-0.05, 0) is 30.0 Å². The van der Waals surface area contributed by atoms with Crippen molar-refractivity contribution >= 4 is 5.97 Å². The van der Waals surface area contributed by atoms with Gasteiger partial charge >= 0.3 is 5.97 Å². The van der Waals surface area contributed by atoms with Gasteiger partial charge in [0.2, 0.25) is 0 Å². The van der Waals surface area contributed by atoms with Crippen LogP contribution in [0.1, 0.15) is 73.5 Å². The fraction of sp³-hybridized carbons (Fsp3) is 0.417. The fourth-order valence-corrected chi connectivity index (χ4v) is 3.49. The van der Waals surface area contributed by atoms with Crippen LogP contribution >= 0.6 is 0 Å². The molecule has 0 radical (unpaired) electrons. The third-order valence-corrected chi connectivity index (χ3v) is 5.20. The van der Waals surface area contributed by atoms with Crippen molar-refractivity contribution in [1.29, 1.82) is 0 Å². The number of unbranched alkanes of at least 4 members (excludes halogenated alkanes) is 3. The maximum atomic E-state index is 11.5. The summed E-state index contributed by atoms with van der Waals surface area (Å²) >= 11 is 0. The lowest BCUT2D eigenvalue weighted by Gasteiger charge is -2.09. The van der Waals surface area contributed by atoms with Gasteiger partial charge in [-0.3, -0.25) is 4.98 Å². The third-order valence-electron chi connectivity index (χ3n) is 5.20. The summed E-state index contributed by atoms with van der Waals surface area (Å²) in [6, 6.07) is 9.48. The first kappa shape index (κ1) is 21.7. The van der Waals surface area contributed by atoms with E-state index in [2.05, 4.69) is 18.8 Å². The lowest BCUT2D eigenvalue weighted by atomic mass is 10.0. The molecule has 6 heteroatoms. The Morgan fingerprint density at radius 1 is 1.00 bits per heavy atom. The lowest BCUT2D eigenvalue weighted by molar-refractivity contribution is 0.0697. The summed E-state index contributed by atoms with van der Waals surface area (Å²) in [5, 5.41) is 14.2.